The van der Waals surface area contributed by atoms with Gasteiger partial charge in [-0.2, -0.15) is 11.1 Å². The minimum Gasteiger partial charge on any atom is -0.481 e. The predicted molar refractivity (Wildman–Crippen MR) is 127 cm³/mol. The van der Waals surface area contributed by atoms with E-state index in [4.69, 9.17) is 20.4 Å². The number of aliphatic carboxylic acids is 4. The topological polar surface area (TPSA) is 253 Å². The van der Waals surface area contributed by atoms with E-state index in [9.17, 15) is 28.8 Å². The van der Waals surface area contributed by atoms with Crippen LogP contribution >= 0.6 is 0 Å². The number of hydrazine groups is 5. The fourth-order valence-electron chi connectivity index (χ4n) is 2.59. The van der Waals surface area contributed by atoms with E-state index < -0.39 is 35.7 Å². The Kier molecular flexibility index (Phi) is 18.0. The van der Waals surface area contributed by atoms with E-state index in [2.05, 4.69) is 27.3 Å². The van der Waals surface area contributed by atoms with Crippen molar-refractivity contribution in [3.05, 3.63) is 0 Å². The van der Waals surface area contributed by atoms with Gasteiger partial charge in [-0.1, -0.05) is 0 Å². The fraction of sp³-hybridized carbons (Fsp3) is 0.667. The van der Waals surface area contributed by atoms with Gasteiger partial charge in [-0.05, 0) is 0 Å². The quantitative estimate of drug-likeness (QED) is 0.0444. The third-order valence-corrected chi connectivity index (χ3v) is 4.62. The SMILES string of the molecule is BNN(CCC(=O)NNN(CCC(=O)O)CCC(=O)O)CCC(=O)NNN(CCC(=O)O)CCC(=O)O. The van der Waals surface area contributed by atoms with Gasteiger partial charge in [0.05, 0.1) is 25.7 Å². The van der Waals surface area contributed by atoms with Crippen LogP contribution in [-0.4, -0.2) is 118 Å². The summed E-state index contributed by atoms with van der Waals surface area (Å²) in [5.74, 6) is -5.24. The first-order chi connectivity index (χ1) is 17.4. The number of nitrogens with zero attached hydrogens (tertiary/aromatic N) is 3. The van der Waals surface area contributed by atoms with Crippen LogP contribution in [0.1, 0.15) is 38.5 Å². The Bertz CT molecular complexity index is 679. The molecule has 0 saturated heterocycles. The van der Waals surface area contributed by atoms with E-state index >= 15 is 0 Å². The Morgan fingerprint density at radius 1 is 0.486 bits per heavy atom. The van der Waals surface area contributed by atoms with Crippen LogP contribution in [-0.2, 0) is 28.8 Å². The van der Waals surface area contributed by atoms with Crippen molar-refractivity contribution in [2.75, 3.05) is 39.3 Å². The highest BCUT2D eigenvalue weighted by atomic mass is 16.4. The Morgan fingerprint density at radius 3 is 1.00 bits per heavy atom. The second-order valence-corrected chi connectivity index (χ2v) is 7.58. The van der Waals surface area contributed by atoms with Gasteiger partial charge in [0, 0.05) is 52.1 Å². The number of amides is 2. The van der Waals surface area contributed by atoms with Crippen molar-refractivity contribution in [3.8, 4) is 0 Å². The molecule has 0 aromatic carbocycles. The van der Waals surface area contributed by atoms with Crippen molar-refractivity contribution in [2.24, 2.45) is 0 Å². The summed E-state index contributed by atoms with van der Waals surface area (Å²) in [5, 5.41) is 42.1. The largest absolute Gasteiger partial charge is 0.481 e. The summed E-state index contributed by atoms with van der Waals surface area (Å²) >= 11 is 0. The number of carbonyl (C=O) groups excluding carboxylic acids is 2. The van der Waals surface area contributed by atoms with Crippen molar-refractivity contribution in [3.63, 3.8) is 0 Å². The van der Waals surface area contributed by atoms with E-state index in [1.54, 1.807) is 13.0 Å². The molecule has 0 unspecified atom stereocenters. The second-order valence-electron chi connectivity index (χ2n) is 7.58. The molecular weight excluding hydrogens is 499 g/mol. The average molecular weight is 534 g/mol. The molecule has 0 aliphatic heterocycles. The van der Waals surface area contributed by atoms with E-state index in [-0.39, 0.29) is 77.8 Å². The summed E-state index contributed by atoms with van der Waals surface area (Å²) in [5.41, 5.74) is 9.73. The highest BCUT2D eigenvalue weighted by Gasteiger charge is 2.14. The maximum absolute atomic E-state index is 12.1. The lowest BCUT2D eigenvalue weighted by Gasteiger charge is -2.24. The number of carboxylic acids is 4. The molecule has 18 nitrogen and oxygen atoms in total. The molecule has 0 aliphatic rings. The molecule has 0 rings (SSSR count). The smallest absolute Gasteiger partial charge is 0.304 e. The van der Waals surface area contributed by atoms with Crippen molar-refractivity contribution in [1.29, 1.82) is 0 Å². The molecule has 0 spiro atoms. The summed E-state index contributed by atoms with van der Waals surface area (Å²) in [7, 11) is 1.59. The Morgan fingerprint density at radius 2 is 0.757 bits per heavy atom. The van der Waals surface area contributed by atoms with Gasteiger partial charge in [0.2, 0.25) is 19.8 Å². The lowest BCUT2D eigenvalue weighted by Crippen LogP contribution is -2.52. The molecular formula is C18H35BN8O10. The van der Waals surface area contributed by atoms with Gasteiger partial charge in [0.1, 0.15) is 0 Å². The Hall–Kier alpha value is -3.36. The molecule has 2 amide bonds. The molecule has 210 valence electrons. The zero-order chi connectivity index (χ0) is 28.2. The van der Waals surface area contributed by atoms with Gasteiger partial charge in [-0.3, -0.25) is 44.6 Å². The molecule has 0 radical (unpaired) electrons. The number of hydrogen-bond donors (Lipinski definition) is 9. The first kappa shape index (κ1) is 33.6. The normalized spacial score (nSPS) is 11.0. The van der Waals surface area contributed by atoms with E-state index in [1.165, 1.54) is 10.0 Å². The van der Waals surface area contributed by atoms with Crippen LogP contribution in [0.2, 0.25) is 0 Å². The van der Waals surface area contributed by atoms with Crippen LogP contribution in [0.15, 0.2) is 0 Å². The minimum absolute atomic E-state index is 0.0163. The lowest BCUT2D eigenvalue weighted by atomic mass is 10.3. The molecule has 0 atom stereocenters. The third-order valence-electron chi connectivity index (χ3n) is 4.62. The van der Waals surface area contributed by atoms with E-state index in [0.29, 0.717) is 0 Å². The summed E-state index contributed by atoms with van der Waals surface area (Å²) < 4.78 is 0. The van der Waals surface area contributed by atoms with E-state index in [1.807, 2.05) is 0 Å². The van der Waals surface area contributed by atoms with Crippen molar-refractivity contribution in [1.82, 2.24) is 42.3 Å². The lowest BCUT2D eigenvalue weighted by molar-refractivity contribution is -0.140. The van der Waals surface area contributed by atoms with Crippen LogP contribution in [0.25, 0.3) is 0 Å². The van der Waals surface area contributed by atoms with Crippen LogP contribution in [0.4, 0.5) is 0 Å². The number of carbonyl (C=O) groups is 6. The van der Waals surface area contributed by atoms with Crippen LogP contribution in [0, 0.1) is 0 Å². The summed E-state index contributed by atoms with van der Waals surface area (Å²) in [4.78, 5) is 67.2. The zero-order valence-electron chi connectivity index (χ0n) is 20.6. The number of rotatable bonds is 23. The standard InChI is InChI=1S/C18H35BN8O10/c19-22-25(7-1-13(28)20-23-26(9-3-15(30)31)10-4-16(32)33)8-2-14(29)21-24-27(11-5-17(34)35)12-6-18(36)37/h22-24H,1-12,19H2,(H,20,28)(H,21,29)(H,30,31)(H,32,33)(H,34,35)(H,36,37). The average Bonchev–Trinajstić information content (AvgIpc) is 2.82. The first-order valence-electron chi connectivity index (χ1n) is 11.3. The van der Waals surface area contributed by atoms with Crippen molar-refractivity contribution >= 4 is 43.7 Å². The summed E-state index contributed by atoms with van der Waals surface area (Å²) in [6, 6.07) is 0. The van der Waals surface area contributed by atoms with Gasteiger partial charge in [-0.25, -0.2) is 10.0 Å². The number of carboxylic acid groups (broad SMARTS) is 4. The molecule has 0 saturated carbocycles. The zero-order valence-corrected chi connectivity index (χ0v) is 20.6. The molecule has 0 fully saturated rings. The monoisotopic (exact) mass is 534 g/mol. The van der Waals surface area contributed by atoms with Gasteiger partial charge in [-0.15, -0.1) is 0 Å². The number of hydrogen-bond acceptors (Lipinski definition) is 12. The molecule has 37 heavy (non-hydrogen) atoms. The first-order valence-corrected chi connectivity index (χ1v) is 11.3. The highest BCUT2D eigenvalue weighted by Crippen LogP contribution is 1.94. The minimum atomic E-state index is -1.08. The van der Waals surface area contributed by atoms with Gasteiger partial charge >= 0.3 is 23.9 Å². The highest BCUT2D eigenvalue weighted by molar-refractivity contribution is 6.03. The third kappa shape index (κ3) is 20.5. The number of nitrogens with one attached hydrogen (secondary N) is 5. The molecule has 19 heteroatoms. The Labute approximate surface area is 213 Å². The van der Waals surface area contributed by atoms with Crippen LogP contribution in [0.5, 0.6) is 0 Å². The van der Waals surface area contributed by atoms with Crippen LogP contribution in [0.3, 0.4) is 0 Å². The predicted octanol–water partition coefficient (Wildman–Crippen LogP) is -4.30. The fourth-order valence-corrected chi connectivity index (χ4v) is 2.59. The summed E-state index contributed by atoms with van der Waals surface area (Å²) in [6.07, 6.45) is -1.07. The second kappa shape index (κ2) is 19.8. The molecule has 9 N–H and O–H groups in total. The molecule has 0 aliphatic carbocycles. The Balaban J connectivity index is 4.44. The maximum Gasteiger partial charge on any atom is 0.304 e. The maximum atomic E-state index is 12.1. The molecule has 0 aromatic heterocycles. The summed E-state index contributed by atoms with van der Waals surface area (Å²) in [6.45, 7) is 0.269. The molecule has 0 aromatic rings. The van der Waals surface area contributed by atoms with Crippen LogP contribution < -0.4 is 27.3 Å². The van der Waals surface area contributed by atoms with E-state index in [0.717, 1.165) is 0 Å². The van der Waals surface area contributed by atoms with Gasteiger partial charge in [0.15, 0.2) is 0 Å². The van der Waals surface area contributed by atoms with Gasteiger partial charge in [0.25, 0.3) is 0 Å². The van der Waals surface area contributed by atoms with Crippen molar-refractivity contribution in [2.45, 2.75) is 38.5 Å². The molecule has 0 bridgehead atoms. The van der Waals surface area contributed by atoms with Crippen molar-refractivity contribution < 1.29 is 49.2 Å². The molecule has 0 heterocycles. The van der Waals surface area contributed by atoms with Gasteiger partial charge < -0.3 is 25.8 Å².